The van der Waals surface area contributed by atoms with Gasteiger partial charge in [0.15, 0.2) is 0 Å². The average molecular weight is 299 g/mol. The number of nitrogens with one attached hydrogen (secondary N) is 1. The summed E-state index contributed by atoms with van der Waals surface area (Å²) in [5, 5.41) is 2.73. The largest absolute Gasteiger partial charge is 0.392 e. The van der Waals surface area contributed by atoms with Crippen molar-refractivity contribution in [2.45, 2.75) is 46.0 Å². The van der Waals surface area contributed by atoms with Crippen LogP contribution in [0, 0.1) is 5.41 Å². The van der Waals surface area contributed by atoms with E-state index in [0.717, 1.165) is 19.3 Å². The maximum absolute atomic E-state index is 12.4. The van der Waals surface area contributed by atoms with Gasteiger partial charge in [0.05, 0.1) is 16.9 Å². The molecule has 3 N–H and O–H groups in total. The Kier molecular flexibility index (Phi) is 6.39. The number of hydrogen-bond acceptors (Lipinski definition) is 3. The fourth-order valence-electron chi connectivity index (χ4n) is 2.75. The third kappa shape index (κ3) is 3.69. The third-order valence-corrected chi connectivity index (χ3v) is 4.52. The van der Waals surface area contributed by atoms with Crippen molar-refractivity contribution < 1.29 is 9.59 Å². The summed E-state index contributed by atoms with van der Waals surface area (Å²) in [5.74, 6) is -0.262. The van der Waals surface area contributed by atoms with Crippen molar-refractivity contribution >= 4 is 29.0 Å². The van der Waals surface area contributed by atoms with Crippen molar-refractivity contribution in [1.29, 1.82) is 0 Å². The Morgan fingerprint density at radius 2 is 1.75 bits per heavy atom. The van der Waals surface area contributed by atoms with Crippen LogP contribution in [0.5, 0.6) is 0 Å². The van der Waals surface area contributed by atoms with E-state index in [2.05, 4.69) is 5.32 Å². The van der Waals surface area contributed by atoms with Gasteiger partial charge in [-0.1, -0.05) is 31.5 Å². The molecule has 1 aliphatic rings. The zero-order valence-electron chi connectivity index (χ0n) is 12.4. The van der Waals surface area contributed by atoms with Crippen LogP contribution in [0.15, 0.2) is 0 Å². The third-order valence-electron chi connectivity index (χ3n) is 4.13. The predicted molar refractivity (Wildman–Crippen MR) is 83.2 cm³/mol. The minimum Gasteiger partial charge on any atom is -0.392 e. The molecule has 1 aliphatic carbocycles. The highest BCUT2D eigenvalue weighted by molar-refractivity contribution is 7.80. The molecule has 1 fully saturated rings. The molecule has 0 unspecified atom stereocenters. The van der Waals surface area contributed by atoms with Gasteiger partial charge in [0.1, 0.15) is 0 Å². The fourth-order valence-corrected chi connectivity index (χ4v) is 3.05. The number of nitrogens with two attached hydrogens (primary N) is 1. The molecule has 20 heavy (non-hydrogen) atoms. The number of rotatable bonds is 6. The SMILES string of the molecule is CCN(CC)C(=O)CNC(=O)C1(C(N)=S)CCCCC1. The minimum atomic E-state index is -0.753. The molecule has 0 saturated heterocycles. The van der Waals surface area contributed by atoms with Crippen molar-refractivity contribution in [3.63, 3.8) is 0 Å². The Balaban J connectivity index is 2.64. The van der Waals surface area contributed by atoms with Crippen LogP contribution >= 0.6 is 12.2 Å². The molecule has 0 bridgehead atoms. The summed E-state index contributed by atoms with van der Waals surface area (Å²) < 4.78 is 0. The first-order valence-corrected chi connectivity index (χ1v) is 7.74. The van der Waals surface area contributed by atoms with Crippen LogP contribution in [0.25, 0.3) is 0 Å². The van der Waals surface area contributed by atoms with Crippen LogP contribution in [0.3, 0.4) is 0 Å². The lowest BCUT2D eigenvalue weighted by molar-refractivity contribution is -0.135. The quantitative estimate of drug-likeness (QED) is 0.723. The molecule has 0 aromatic heterocycles. The van der Waals surface area contributed by atoms with Crippen LogP contribution in [0.4, 0.5) is 0 Å². The zero-order chi connectivity index (χ0) is 15.2. The number of amides is 2. The van der Waals surface area contributed by atoms with Gasteiger partial charge < -0.3 is 16.0 Å². The van der Waals surface area contributed by atoms with Crippen molar-refractivity contribution in [2.24, 2.45) is 11.1 Å². The van der Waals surface area contributed by atoms with E-state index in [1.165, 1.54) is 0 Å². The van der Waals surface area contributed by atoms with Gasteiger partial charge in [0.2, 0.25) is 11.8 Å². The second-order valence-electron chi connectivity index (χ2n) is 5.26. The average Bonchev–Trinajstić information content (AvgIpc) is 2.46. The lowest BCUT2D eigenvalue weighted by atomic mass is 9.73. The maximum Gasteiger partial charge on any atom is 0.241 e. The first-order chi connectivity index (χ1) is 9.47. The van der Waals surface area contributed by atoms with E-state index in [1.54, 1.807) is 4.90 Å². The van der Waals surface area contributed by atoms with E-state index in [4.69, 9.17) is 18.0 Å². The maximum atomic E-state index is 12.4. The molecule has 1 saturated carbocycles. The molecular weight excluding hydrogens is 274 g/mol. The zero-order valence-corrected chi connectivity index (χ0v) is 13.2. The van der Waals surface area contributed by atoms with E-state index in [-0.39, 0.29) is 23.3 Å². The molecular formula is C14H25N3O2S. The van der Waals surface area contributed by atoms with Gasteiger partial charge in [-0.3, -0.25) is 9.59 Å². The second kappa shape index (κ2) is 7.57. The van der Waals surface area contributed by atoms with E-state index in [9.17, 15) is 9.59 Å². The van der Waals surface area contributed by atoms with Crippen LogP contribution in [0.1, 0.15) is 46.0 Å². The molecule has 0 aliphatic heterocycles. The molecule has 6 heteroatoms. The normalized spacial score (nSPS) is 17.3. The van der Waals surface area contributed by atoms with Gasteiger partial charge in [0.25, 0.3) is 0 Å². The summed E-state index contributed by atoms with van der Waals surface area (Å²) >= 11 is 5.10. The molecule has 1 rings (SSSR count). The number of thiocarbonyl (C=S) groups is 1. The number of nitrogens with zero attached hydrogens (tertiary/aromatic N) is 1. The van der Waals surface area contributed by atoms with Crippen molar-refractivity contribution in [3.05, 3.63) is 0 Å². The summed E-state index contributed by atoms with van der Waals surface area (Å²) in [7, 11) is 0. The Morgan fingerprint density at radius 3 is 2.20 bits per heavy atom. The van der Waals surface area contributed by atoms with Crippen molar-refractivity contribution in [1.82, 2.24) is 10.2 Å². The monoisotopic (exact) mass is 299 g/mol. The molecule has 114 valence electrons. The van der Waals surface area contributed by atoms with Crippen LogP contribution in [-0.4, -0.2) is 41.3 Å². The van der Waals surface area contributed by atoms with Gasteiger partial charge >= 0.3 is 0 Å². The number of hydrogen-bond donors (Lipinski definition) is 2. The number of carbonyl (C=O) groups excluding carboxylic acids is 2. The molecule has 0 spiro atoms. The lowest BCUT2D eigenvalue weighted by Crippen LogP contribution is -2.52. The van der Waals surface area contributed by atoms with Gasteiger partial charge in [-0.05, 0) is 26.7 Å². The highest BCUT2D eigenvalue weighted by Crippen LogP contribution is 2.36. The summed E-state index contributed by atoms with van der Waals surface area (Å²) in [6.07, 6.45) is 4.39. The molecule has 0 aromatic carbocycles. The van der Waals surface area contributed by atoms with E-state index in [0.29, 0.717) is 25.9 Å². The molecule has 0 atom stereocenters. The van der Waals surface area contributed by atoms with Crippen molar-refractivity contribution in [2.75, 3.05) is 19.6 Å². The Bertz CT molecular complexity index is 375. The molecule has 2 amide bonds. The van der Waals surface area contributed by atoms with Gasteiger partial charge in [-0.25, -0.2) is 0 Å². The molecule has 0 aromatic rings. The number of likely N-dealkylation sites (N-methyl/N-ethyl adjacent to an activating group) is 1. The highest BCUT2D eigenvalue weighted by Gasteiger charge is 2.42. The summed E-state index contributed by atoms with van der Waals surface area (Å²) in [5.41, 5.74) is 5.04. The predicted octanol–water partition coefficient (Wildman–Crippen LogP) is 1.21. The Hall–Kier alpha value is -1.17. The fraction of sp³-hybridized carbons (Fsp3) is 0.786. The number of carbonyl (C=O) groups is 2. The smallest absolute Gasteiger partial charge is 0.241 e. The second-order valence-corrected chi connectivity index (χ2v) is 5.70. The van der Waals surface area contributed by atoms with Gasteiger partial charge in [-0.2, -0.15) is 0 Å². The summed E-state index contributed by atoms with van der Waals surface area (Å²) in [6, 6.07) is 0. The van der Waals surface area contributed by atoms with Crippen LogP contribution in [0.2, 0.25) is 0 Å². The molecule has 5 nitrogen and oxygen atoms in total. The van der Waals surface area contributed by atoms with E-state index in [1.807, 2.05) is 13.8 Å². The van der Waals surface area contributed by atoms with E-state index >= 15 is 0 Å². The van der Waals surface area contributed by atoms with Gasteiger partial charge in [-0.15, -0.1) is 0 Å². The standard InChI is InChI=1S/C14H25N3O2S/c1-3-17(4-2)11(18)10-16-13(19)14(12(15)20)8-6-5-7-9-14/h3-10H2,1-2H3,(H2,15,20)(H,16,19). The summed E-state index contributed by atoms with van der Waals surface area (Å²) in [4.78, 5) is 26.3. The van der Waals surface area contributed by atoms with Crippen LogP contribution in [-0.2, 0) is 9.59 Å². The Morgan fingerprint density at radius 1 is 1.20 bits per heavy atom. The van der Waals surface area contributed by atoms with Crippen molar-refractivity contribution in [3.8, 4) is 0 Å². The minimum absolute atomic E-state index is 0.0187. The highest BCUT2D eigenvalue weighted by atomic mass is 32.1. The summed E-state index contributed by atoms with van der Waals surface area (Å²) in [6.45, 7) is 5.14. The van der Waals surface area contributed by atoms with Gasteiger partial charge in [0, 0.05) is 13.1 Å². The van der Waals surface area contributed by atoms with E-state index < -0.39 is 5.41 Å². The first-order valence-electron chi connectivity index (χ1n) is 7.34. The Labute approximate surface area is 126 Å². The first kappa shape index (κ1) is 16.9. The van der Waals surface area contributed by atoms with Crippen LogP contribution < -0.4 is 11.1 Å². The topological polar surface area (TPSA) is 75.4 Å². The lowest BCUT2D eigenvalue weighted by Gasteiger charge is -2.34. The molecule has 0 heterocycles. The molecule has 0 radical (unpaired) electrons.